The monoisotopic (exact) mass is 435 g/mol. The van der Waals surface area contributed by atoms with Crippen molar-refractivity contribution in [1.29, 1.82) is 0 Å². The minimum Gasteiger partial charge on any atom is -0.488 e. The van der Waals surface area contributed by atoms with Crippen molar-refractivity contribution in [1.82, 2.24) is 15.6 Å². The number of rotatable bonds is 5. The van der Waals surface area contributed by atoms with Crippen LogP contribution in [-0.4, -0.2) is 35.9 Å². The summed E-state index contributed by atoms with van der Waals surface area (Å²) >= 11 is 1.57. The van der Waals surface area contributed by atoms with E-state index in [-0.39, 0.29) is 12.0 Å². The summed E-state index contributed by atoms with van der Waals surface area (Å²) in [6.07, 6.45) is 0.162. The highest BCUT2D eigenvalue weighted by atomic mass is 32.1. The van der Waals surface area contributed by atoms with Crippen LogP contribution >= 0.6 is 11.3 Å². The van der Waals surface area contributed by atoms with Crippen molar-refractivity contribution in [2.45, 2.75) is 45.8 Å². The van der Waals surface area contributed by atoms with Crippen molar-refractivity contribution in [3.05, 3.63) is 45.1 Å². The first-order valence-electron chi connectivity index (χ1n) is 9.73. The summed E-state index contributed by atoms with van der Waals surface area (Å²) in [7, 11) is 0. The molecule has 0 spiro atoms. The highest BCUT2D eigenvalue weighted by Crippen LogP contribution is 2.31. The minimum atomic E-state index is -3.00. The molecular formula is C21H23F2N3O3S. The zero-order valence-corrected chi connectivity index (χ0v) is 17.8. The van der Waals surface area contributed by atoms with E-state index in [2.05, 4.69) is 15.6 Å². The number of hydrogen-bond acceptors (Lipinski definition) is 6. The van der Waals surface area contributed by atoms with Gasteiger partial charge in [-0.1, -0.05) is 0 Å². The third kappa shape index (κ3) is 4.04. The van der Waals surface area contributed by atoms with Gasteiger partial charge in [-0.05, 0) is 51.9 Å². The van der Waals surface area contributed by atoms with Crippen LogP contribution in [0.5, 0.6) is 5.75 Å². The highest BCUT2D eigenvalue weighted by molar-refractivity contribution is 7.11. The number of nitrogens with one attached hydrogen (secondary N) is 2. The SMILES string of the molecule is Cc1nc(C)c(COc2ccc3oc(C)c(C(=O)NC4CCNCC4(F)F)c3c2)s1. The smallest absolute Gasteiger partial charge is 0.280 e. The molecule has 1 aliphatic heterocycles. The van der Waals surface area contributed by atoms with Gasteiger partial charge in [0.15, 0.2) is 0 Å². The average molecular weight is 435 g/mol. The van der Waals surface area contributed by atoms with Gasteiger partial charge in [0.2, 0.25) is 0 Å². The second-order valence-electron chi connectivity index (χ2n) is 7.47. The largest absolute Gasteiger partial charge is 0.488 e. The molecule has 3 heterocycles. The van der Waals surface area contributed by atoms with Gasteiger partial charge in [-0.3, -0.25) is 4.79 Å². The Hall–Kier alpha value is -2.52. The number of halogens is 2. The van der Waals surface area contributed by atoms with Crippen LogP contribution in [0.1, 0.15) is 38.1 Å². The van der Waals surface area contributed by atoms with E-state index >= 15 is 0 Å². The zero-order valence-electron chi connectivity index (χ0n) is 17.0. The zero-order chi connectivity index (χ0) is 21.5. The number of amides is 1. The number of fused-ring (bicyclic) bond motifs is 1. The Balaban J connectivity index is 1.57. The van der Waals surface area contributed by atoms with E-state index in [9.17, 15) is 13.6 Å². The lowest BCUT2D eigenvalue weighted by Crippen LogP contribution is -2.57. The van der Waals surface area contributed by atoms with Crippen LogP contribution in [-0.2, 0) is 6.61 Å². The second kappa shape index (κ2) is 7.96. The van der Waals surface area contributed by atoms with Crippen LogP contribution in [0.15, 0.2) is 22.6 Å². The van der Waals surface area contributed by atoms with Crippen molar-refractivity contribution in [3.63, 3.8) is 0 Å². The third-order valence-electron chi connectivity index (χ3n) is 5.22. The van der Waals surface area contributed by atoms with Crippen molar-refractivity contribution >= 4 is 28.2 Å². The summed E-state index contributed by atoms with van der Waals surface area (Å²) in [5.41, 5.74) is 1.70. The van der Waals surface area contributed by atoms with Crippen molar-refractivity contribution in [2.75, 3.05) is 13.1 Å². The van der Waals surface area contributed by atoms with Gasteiger partial charge in [0, 0.05) is 5.39 Å². The molecule has 0 radical (unpaired) electrons. The van der Waals surface area contributed by atoms with Crippen LogP contribution < -0.4 is 15.4 Å². The Morgan fingerprint density at radius 3 is 2.90 bits per heavy atom. The number of hydrogen-bond donors (Lipinski definition) is 2. The van der Waals surface area contributed by atoms with Crippen molar-refractivity contribution < 1.29 is 22.7 Å². The Kier molecular flexibility index (Phi) is 5.50. The molecule has 160 valence electrons. The van der Waals surface area contributed by atoms with Gasteiger partial charge in [-0.2, -0.15) is 0 Å². The standard InChI is InChI=1S/C21H23F2N3O3S/c1-11-17(30-13(3)25-11)9-28-14-4-5-16-15(8-14)19(12(2)29-16)20(27)26-18-6-7-24-10-21(18,22)23/h4-5,8,18,24H,6-7,9-10H2,1-3H3,(H,26,27). The maximum atomic E-state index is 14.1. The molecule has 4 rings (SSSR count). The van der Waals surface area contributed by atoms with Gasteiger partial charge in [0.1, 0.15) is 23.7 Å². The van der Waals surface area contributed by atoms with E-state index in [0.29, 0.717) is 35.6 Å². The molecule has 2 aromatic heterocycles. The molecule has 0 aliphatic carbocycles. The van der Waals surface area contributed by atoms with E-state index < -0.39 is 24.4 Å². The molecule has 9 heteroatoms. The number of piperidine rings is 1. The summed E-state index contributed by atoms with van der Waals surface area (Å²) < 4.78 is 39.8. The Morgan fingerprint density at radius 2 is 2.20 bits per heavy atom. The first kappa shape index (κ1) is 20.7. The van der Waals surface area contributed by atoms with E-state index in [0.717, 1.165) is 15.6 Å². The van der Waals surface area contributed by atoms with Crippen molar-refractivity contribution in [3.8, 4) is 5.75 Å². The first-order valence-corrected chi connectivity index (χ1v) is 10.5. The Labute approximate surface area is 176 Å². The number of thiazole rings is 1. The third-order valence-corrected chi connectivity index (χ3v) is 6.26. The van der Waals surface area contributed by atoms with Crippen LogP contribution in [0.3, 0.4) is 0 Å². The second-order valence-corrected chi connectivity index (χ2v) is 8.76. The van der Waals surface area contributed by atoms with Crippen LogP contribution in [0, 0.1) is 20.8 Å². The number of ether oxygens (including phenoxy) is 1. The predicted molar refractivity (Wildman–Crippen MR) is 111 cm³/mol. The number of furan rings is 1. The van der Waals surface area contributed by atoms with Gasteiger partial charge in [0.05, 0.1) is 33.7 Å². The van der Waals surface area contributed by atoms with Crippen molar-refractivity contribution in [2.24, 2.45) is 0 Å². The molecule has 2 N–H and O–H groups in total. The lowest BCUT2D eigenvalue weighted by atomic mass is 10.0. The maximum Gasteiger partial charge on any atom is 0.280 e. The fourth-order valence-electron chi connectivity index (χ4n) is 3.67. The number of alkyl halides is 2. The number of aromatic nitrogens is 1. The highest BCUT2D eigenvalue weighted by Gasteiger charge is 2.42. The van der Waals surface area contributed by atoms with Crippen LogP contribution in [0.25, 0.3) is 11.0 Å². The fourth-order valence-corrected chi connectivity index (χ4v) is 4.52. The molecular weight excluding hydrogens is 412 g/mol. The molecule has 1 amide bonds. The van der Waals surface area contributed by atoms with Gasteiger partial charge < -0.3 is 19.8 Å². The maximum absolute atomic E-state index is 14.1. The molecule has 6 nitrogen and oxygen atoms in total. The summed E-state index contributed by atoms with van der Waals surface area (Å²) in [5, 5.41) is 6.66. The van der Waals surface area contributed by atoms with Crippen LogP contribution in [0.2, 0.25) is 0 Å². The molecule has 1 aliphatic rings. The molecule has 1 unspecified atom stereocenters. The normalized spacial score (nSPS) is 18.5. The average Bonchev–Trinajstić information content (AvgIpc) is 3.18. The predicted octanol–water partition coefficient (Wildman–Crippen LogP) is 4.12. The molecule has 0 saturated carbocycles. The van der Waals surface area contributed by atoms with Gasteiger partial charge in [0.25, 0.3) is 11.8 Å². The number of carbonyl (C=O) groups is 1. The number of benzene rings is 1. The van der Waals surface area contributed by atoms with Crippen LogP contribution in [0.4, 0.5) is 8.78 Å². The molecule has 1 saturated heterocycles. The Morgan fingerprint density at radius 1 is 1.40 bits per heavy atom. The summed E-state index contributed by atoms with van der Waals surface area (Å²) in [6, 6.07) is 3.98. The van der Waals surface area contributed by atoms with E-state index in [1.165, 1.54) is 0 Å². The Bertz CT molecular complexity index is 1090. The van der Waals surface area contributed by atoms with Gasteiger partial charge in [-0.15, -0.1) is 11.3 Å². The molecule has 1 fully saturated rings. The topological polar surface area (TPSA) is 76.4 Å². The van der Waals surface area contributed by atoms with E-state index in [1.54, 1.807) is 36.5 Å². The molecule has 1 aromatic carbocycles. The lowest BCUT2D eigenvalue weighted by molar-refractivity contribution is -0.0487. The number of aryl methyl sites for hydroxylation is 3. The molecule has 30 heavy (non-hydrogen) atoms. The number of nitrogens with zero attached hydrogens (tertiary/aromatic N) is 1. The van der Waals surface area contributed by atoms with Gasteiger partial charge >= 0.3 is 0 Å². The summed E-state index contributed by atoms with van der Waals surface area (Å²) in [5.74, 6) is -2.62. The quantitative estimate of drug-likeness (QED) is 0.631. The first-order chi connectivity index (χ1) is 14.2. The summed E-state index contributed by atoms with van der Waals surface area (Å²) in [4.78, 5) is 18.3. The van der Waals surface area contributed by atoms with E-state index in [1.807, 2.05) is 13.8 Å². The summed E-state index contributed by atoms with van der Waals surface area (Å²) in [6.45, 7) is 5.88. The molecule has 0 bridgehead atoms. The fraction of sp³-hybridized carbons (Fsp3) is 0.429. The van der Waals surface area contributed by atoms with E-state index in [4.69, 9.17) is 9.15 Å². The minimum absolute atomic E-state index is 0.162. The number of carbonyl (C=O) groups excluding carboxylic acids is 1. The molecule has 1 atom stereocenters. The van der Waals surface area contributed by atoms with Gasteiger partial charge in [-0.25, -0.2) is 13.8 Å². The molecule has 3 aromatic rings. The lowest BCUT2D eigenvalue weighted by Gasteiger charge is -2.32.